The van der Waals surface area contributed by atoms with E-state index in [9.17, 15) is 24.6 Å². The second-order valence-electron chi connectivity index (χ2n) is 7.85. The number of aromatic nitrogens is 5. The van der Waals surface area contributed by atoms with Gasteiger partial charge in [0.1, 0.15) is 17.9 Å². The van der Waals surface area contributed by atoms with E-state index in [1.165, 1.54) is 24.0 Å². The minimum absolute atomic E-state index is 0.0710. The Labute approximate surface area is 186 Å². The summed E-state index contributed by atoms with van der Waals surface area (Å²) < 4.78 is 2.38. The van der Waals surface area contributed by atoms with E-state index in [-0.39, 0.29) is 16.6 Å². The molecule has 0 spiro atoms. The molecule has 3 N–H and O–H groups in total. The fourth-order valence-electron chi connectivity index (χ4n) is 3.89. The summed E-state index contributed by atoms with van der Waals surface area (Å²) in [5.41, 5.74) is 0.554. The largest absolute Gasteiger partial charge is 0.481 e. The number of nitrogens with zero attached hydrogens (tertiary/aromatic N) is 5. The lowest BCUT2D eigenvalue weighted by Crippen LogP contribution is -2.31. The number of hydrogen-bond donors (Lipinski definition) is 3. The summed E-state index contributed by atoms with van der Waals surface area (Å²) in [5, 5.41) is 26.0. The summed E-state index contributed by atoms with van der Waals surface area (Å²) in [7, 11) is 0. The fraction of sp³-hybridized carbons (Fsp3) is 0.400. The van der Waals surface area contributed by atoms with Gasteiger partial charge in [-0.25, -0.2) is 19.3 Å². The van der Waals surface area contributed by atoms with Crippen molar-refractivity contribution in [3.05, 3.63) is 40.2 Å². The Morgan fingerprint density at radius 3 is 2.81 bits per heavy atom. The molecule has 4 rings (SSSR count). The van der Waals surface area contributed by atoms with Crippen molar-refractivity contribution in [3.63, 3.8) is 0 Å². The summed E-state index contributed by atoms with van der Waals surface area (Å²) in [6.07, 6.45) is 6.93. The third kappa shape index (κ3) is 4.15. The zero-order valence-corrected chi connectivity index (χ0v) is 17.9. The Morgan fingerprint density at radius 2 is 2.09 bits per heavy atom. The Bertz CT molecular complexity index is 1250. The molecule has 3 atom stereocenters. The molecule has 1 aliphatic carbocycles. The minimum atomic E-state index is -1.15. The van der Waals surface area contributed by atoms with Crippen LogP contribution >= 0.6 is 11.6 Å². The van der Waals surface area contributed by atoms with E-state index < -0.39 is 29.5 Å². The number of anilines is 1. The molecule has 3 heterocycles. The number of carboxylic acids is 2. The molecule has 168 valence electrons. The van der Waals surface area contributed by atoms with Crippen molar-refractivity contribution in [3.8, 4) is 11.3 Å². The summed E-state index contributed by atoms with van der Waals surface area (Å²) in [4.78, 5) is 44.0. The molecule has 0 aromatic carbocycles. The molecule has 3 aromatic rings. The highest BCUT2D eigenvalue weighted by Crippen LogP contribution is 2.30. The summed E-state index contributed by atoms with van der Waals surface area (Å²) >= 11 is 6.31. The average Bonchev–Trinajstić information content (AvgIpc) is 3.20. The van der Waals surface area contributed by atoms with Crippen LogP contribution in [0.3, 0.4) is 0 Å². The maximum atomic E-state index is 12.7. The number of carboxylic acid groups (broad SMARTS) is 2. The van der Waals surface area contributed by atoms with Gasteiger partial charge in [0.05, 0.1) is 22.8 Å². The summed E-state index contributed by atoms with van der Waals surface area (Å²) in [6, 6.07) is 0.402. The minimum Gasteiger partial charge on any atom is -0.481 e. The highest BCUT2D eigenvalue weighted by molar-refractivity contribution is 6.32. The van der Waals surface area contributed by atoms with Gasteiger partial charge in [0.25, 0.3) is 5.56 Å². The highest BCUT2D eigenvalue weighted by atomic mass is 35.5. The van der Waals surface area contributed by atoms with Crippen LogP contribution in [0.2, 0.25) is 5.02 Å². The SMILES string of the molecule is CC(C(=O)O)n1cnn2cc(-c3nc(N[C@H]4CCC[C@@H](C(=O)O)C4)ncc3Cl)cc2c1=O. The first kappa shape index (κ1) is 21.8. The molecule has 1 saturated carbocycles. The van der Waals surface area contributed by atoms with Crippen LogP contribution in [0.25, 0.3) is 16.8 Å². The van der Waals surface area contributed by atoms with Crippen molar-refractivity contribution in [2.24, 2.45) is 5.92 Å². The zero-order chi connectivity index (χ0) is 23.0. The first-order valence-corrected chi connectivity index (χ1v) is 10.5. The van der Waals surface area contributed by atoms with Crippen LogP contribution in [0.15, 0.2) is 29.6 Å². The van der Waals surface area contributed by atoms with E-state index in [0.29, 0.717) is 30.0 Å². The van der Waals surface area contributed by atoms with Gasteiger partial charge in [-0.05, 0) is 32.3 Å². The molecule has 0 bridgehead atoms. The van der Waals surface area contributed by atoms with Gasteiger partial charge in [-0.2, -0.15) is 5.10 Å². The van der Waals surface area contributed by atoms with Crippen molar-refractivity contribution >= 4 is 35.0 Å². The van der Waals surface area contributed by atoms with Crippen molar-refractivity contribution in [2.45, 2.75) is 44.7 Å². The third-order valence-corrected chi connectivity index (χ3v) is 5.98. The van der Waals surface area contributed by atoms with Gasteiger partial charge in [-0.1, -0.05) is 18.0 Å². The number of nitrogens with one attached hydrogen (secondary N) is 1. The quantitative estimate of drug-likeness (QED) is 0.503. The number of halogens is 1. The zero-order valence-electron chi connectivity index (χ0n) is 17.1. The number of carbonyl (C=O) groups is 2. The molecule has 1 aliphatic rings. The molecule has 0 saturated heterocycles. The molecule has 11 nitrogen and oxygen atoms in total. The van der Waals surface area contributed by atoms with Crippen molar-refractivity contribution in [2.75, 3.05) is 5.32 Å². The number of hydrogen-bond acceptors (Lipinski definition) is 7. The third-order valence-electron chi connectivity index (χ3n) is 5.70. The van der Waals surface area contributed by atoms with Crippen molar-refractivity contribution in [1.82, 2.24) is 24.1 Å². The summed E-state index contributed by atoms with van der Waals surface area (Å²) in [6.45, 7) is 1.39. The second kappa shape index (κ2) is 8.58. The van der Waals surface area contributed by atoms with Gasteiger partial charge in [0, 0.05) is 17.8 Å². The smallest absolute Gasteiger partial charge is 0.326 e. The van der Waals surface area contributed by atoms with E-state index in [1.54, 1.807) is 12.3 Å². The summed E-state index contributed by atoms with van der Waals surface area (Å²) in [5.74, 6) is -2.04. The van der Waals surface area contributed by atoms with Crippen LogP contribution in [0.5, 0.6) is 0 Å². The van der Waals surface area contributed by atoms with Crippen molar-refractivity contribution in [1.29, 1.82) is 0 Å². The normalized spacial score (nSPS) is 19.6. The lowest BCUT2D eigenvalue weighted by atomic mass is 9.86. The van der Waals surface area contributed by atoms with Gasteiger partial charge >= 0.3 is 11.9 Å². The van der Waals surface area contributed by atoms with Crippen LogP contribution in [0, 0.1) is 5.92 Å². The predicted molar refractivity (Wildman–Crippen MR) is 115 cm³/mol. The Kier molecular flexibility index (Phi) is 5.83. The first-order valence-electron chi connectivity index (χ1n) is 10.1. The van der Waals surface area contributed by atoms with E-state index >= 15 is 0 Å². The molecular weight excluding hydrogens is 440 g/mol. The lowest BCUT2D eigenvalue weighted by Gasteiger charge is -2.27. The second-order valence-corrected chi connectivity index (χ2v) is 8.26. The fourth-order valence-corrected chi connectivity index (χ4v) is 4.09. The van der Waals surface area contributed by atoms with E-state index in [4.69, 9.17) is 11.6 Å². The maximum Gasteiger partial charge on any atom is 0.326 e. The Hall–Kier alpha value is -3.47. The van der Waals surface area contributed by atoms with E-state index in [0.717, 1.165) is 17.4 Å². The first-order chi connectivity index (χ1) is 15.2. The van der Waals surface area contributed by atoms with Crippen LogP contribution in [-0.4, -0.2) is 52.3 Å². The molecule has 0 amide bonds. The van der Waals surface area contributed by atoms with Crippen LogP contribution in [-0.2, 0) is 9.59 Å². The predicted octanol–water partition coefficient (Wildman–Crippen LogP) is 2.31. The van der Waals surface area contributed by atoms with E-state index in [1.807, 2.05) is 0 Å². The lowest BCUT2D eigenvalue weighted by molar-refractivity contribution is -0.143. The Morgan fingerprint density at radius 1 is 1.31 bits per heavy atom. The molecule has 32 heavy (non-hydrogen) atoms. The number of aliphatic carboxylic acids is 2. The van der Waals surface area contributed by atoms with Crippen LogP contribution in [0.4, 0.5) is 5.95 Å². The number of rotatable bonds is 6. The van der Waals surface area contributed by atoms with Gasteiger partial charge in [-0.15, -0.1) is 0 Å². The molecule has 0 radical (unpaired) electrons. The van der Waals surface area contributed by atoms with E-state index in [2.05, 4.69) is 20.4 Å². The highest BCUT2D eigenvalue weighted by Gasteiger charge is 2.27. The van der Waals surface area contributed by atoms with Gasteiger partial charge in [0.2, 0.25) is 5.95 Å². The molecule has 1 unspecified atom stereocenters. The molecule has 1 fully saturated rings. The topological polar surface area (TPSA) is 152 Å². The van der Waals surface area contributed by atoms with Gasteiger partial charge in [-0.3, -0.25) is 14.2 Å². The van der Waals surface area contributed by atoms with Crippen molar-refractivity contribution < 1.29 is 19.8 Å². The molecule has 12 heteroatoms. The maximum absolute atomic E-state index is 12.7. The Balaban J connectivity index is 1.65. The number of fused-ring (bicyclic) bond motifs is 1. The van der Waals surface area contributed by atoms with Crippen LogP contribution < -0.4 is 10.9 Å². The standard InChI is InChI=1S/C20H21ClN6O5/c1-10(18(29)30)26-9-23-27-8-12(6-15(27)17(26)28)16-14(21)7-22-20(25-16)24-13-4-2-3-11(5-13)19(31)32/h6-11,13H,2-5H2,1H3,(H,29,30)(H,31,32)(H,22,24,25)/t10?,11-,13+/m1/s1. The monoisotopic (exact) mass is 460 g/mol. The molecular formula is C20H21ClN6O5. The van der Waals surface area contributed by atoms with Gasteiger partial charge in [0.15, 0.2) is 0 Å². The van der Waals surface area contributed by atoms with Gasteiger partial charge < -0.3 is 15.5 Å². The molecule has 3 aromatic heterocycles. The molecule has 0 aliphatic heterocycles. The van der Waals surface area contributed by atoms with Crippen LogP contribution in [0.1, 0.15) is 38.6 Å². The average molecular weight is 461 g/mol.